The largest absolute Gasteiger partial charge is 0.0654 e. The maximum atomic E-state index is 3.54. The molecule has 0 heterocycles. The Morgan fingerprint density at radius 2 is 2.00 bits per heavy atom. The topological polar surface area (TPSA) is 0 Å². The second-order valence-corrected chi connectivity index (χ2v) is 4.53. The molecule has 0 amide bonds. The molecule has 0 aliphatic heterocycles. The first-order chi connectivity index (χ1) is 4.72. The predicted molar refractivity (Wildman–Crippen MR) is 59.8 cm³/mol. The Bertz CT molecular complexity index is 118. The van der Waals surface area contributed by atoms with Crippen LogP contribution in [0.4, 0.5) is 0 Å². The normalized spacial score (nSPS) is 13.2. The molecule has 0 bridgehead atoms. The van der Waals surface area contributed by atoms with Gasteiger partial charge in [-0.2, -0.15) is 0 Å². The first-order valence-corrected chi connectivity index (χ1v) is 5.62. The van der Waals surface area contributed by atoms with Crippen molar-refractivity contribution in [3.8, 4) is 0 Å². The van der Waals surface area contributed by atoms with Gasteiger partial charge in [0.1, 0.15) is 0 Å². The number of unbranched alkanes of at least 4 members (excludes halogenated alkanes) is 1. The van der Waals surface area contributed by atoms with Crippen molar-refractivity contribution >= 4 is 38.5 Å². The monoisotopic (exact) mass is 316 g/mol. The highest BCUT2D eigenvalue weighted by Gasteiger charge is 1.96. The van der Waals surface area contributed by atoms with Crippen molar-refractivity contribution in [2.45, 2.75) is 39.5 Å². The van der Waals surface area contributed by atoms with Gasteiger partial charge in [0.05, 0.1) is 0 Å². The van der Waals surface area contributed by atoms with E-state index in [0.717, 1.165) is 6.42 Å². The van der Waals surface area contributed by atoms with Gasteiger partial charge in [0, 0.05) is 8.06 Å². The lowest BCUT2D eigenvalue weighted by Gasteiger charge is -1.99. The molecular weight excluding hydrogens is 303 g/mol. The summed E-state index contributed by atoms with van der Waals surface area (Å²) in [7, 11) is 0. The Labute approximate surface area is 85.7 Å². The zero-order valence-corrected chi connectivity index (χ0v) is 10.3. The number of halogens is 2. The van der Waals surface area contributed by atoms with E-state index in [9.17, 15) is 0 Å². The van der Waals surface area contributed by atoms with Gasteiger partial charge in [0.2, 0.25) is 0 Å². The lowest BCUT2D eigenvalue weighted by Crippen LogP contribution is -1.77. The molecule has 0 aliphatic carbocycles. The quantitative estimate of drug-likeness (QED) is 0.663. The van der Waals surface area contributed by atoms with Gasteiger partial charge in [-0.3, -0.25) is 0 Å². The van der Waals surface area contributed by atoms with Gasteiger partial charge in [-0.1, -0.05) is 36.2 Å². The fourth-order valence-corrected chi connectivity index (χ4v) is 1.62. The van der Waals surface area contributed by atoms with Crippen molar-refractivity contribution in [3.63, 3.8) is 0 Å². The molecule has 0 radical (unpaired) electrons. The molecule has 0 fully saturated rings. The number of hydrogen-bond acceptors (Lipinski definition) is 0. The molecule has 0 saturated heterocycles. The predicted octanol–water partition coefficient (Wildman–Crippen LogP) is 4.63. The fraction of sp³-hybridized carbons (Fsp3) is 0.750. The van der Waals surface area contributed by atoms with E-state index in [1.165, 1.54) is 27.3 Å². The maximum Gasteiger partial charge on any atom is 0.00405 e. The molecular formula is C8H14BrI. The summed E-state index contributed by atoms with van der Waals surface area (Å²) >= 11 is 5.97. The lowest BCUT2D eigenvalue weighted by atomic mass is 10.2. The number of rotatable bonds is 4. The molecule has 0 aromatic rings. The third-order valence-electron chi connectivity index (χ3n) is 1.35. The molecule has 0 rings (SSSR count). The number of allylic oxidation sites excluding steroid dienone is 2. The SMILES string of the molecule is CCCC/C(I)=C(\Br)CC. The minimum absolute atomic E-state index is 1.13. The van der Waals surface area contributed by atoms with Gasteiger partial charge in [-0.05, 0) is 41.9 Å². The third-order valence-corrected chi connectivity index (χ3v) is 4.33. The first kappa shape index (κ1) is 11.0. The third kappa shape index (κ3) is 4.72. The molecule has 2 heteroatoms. The van der Waals surface area contributed by atoms with E-state index in [4.69, 9.17) is 0 Å². The molecule has 0 saturated carbocycles. The van der Waals surface area contributed by atoms with E-state index < -0.39 is 0 Å². The Balaban J connectivity index is 3.68. The average Bonchev–Trinajstić information content (AvgIpc) is 1.98. The smallest absolute Gasteiger partial charge is 0.00405 e. The van der Waals surface area contributed by atoms with E-state index in [1.807, 2.05) is 0 Å². The van der Waals surface area contributed by atoms with Crippen LogP contribution in [0.5, 0.6) is 0 Å². The summed E-state index contributed by atoms with van der Waals surface area (Å²) < 4.78 is 2.86. The average molecular weight is 317 g/mol. The summed E-state index contributed by atoms with van der Waals surface area (Å²) in [6.07, 6.45) is 4.97. The van der Waals surface area contributed by atoms with Crippen molar-refractivity contribution in [1.82, 2.24) is 0 Å². The van der Waals surface area contributed by atoms with Gasteiger partial charge in [-0.15, -0.1) is 0 Å². The minimum Gasteiger partial charge on any atom is -0.0654 e. The lowest BCUT2D eigenvalue weighted by molar-refractivity contribution is 0.809. The van der Waals surface area contributed by atoms with Gasteiger partial charge in [-0.25, -0.2) is 0 Å². The first-order valence-electron chi connectivity index (χ1n) is 3.75. The molecule has 0 unspecified atom stereocenters. The molecule has 0 aromatic heterocycles. The fourth-order valence-electron chi connectivity index (χ4n) is 0.659. The molecule has 0 aromatic carbocycles. The molecule has 0 spiro atoms. The van der Waals surface area contributed by atoms with E-state index in [0.29, 0.717) is 0 Å². The standard InChI is InChI=1S/C8H14BrI/c1-3-5-6-8(10)7(9)4-2/h3-6H2,1-2H3/b8-7+. The van der Waals surface area contributed by atoms with E-state index >= 15 is 0 Å². The van der Waals surface area contributed by atoms with Crippen LogP contribution in [0.2, 0.25) is 0 Å². The zero-order valence-electron chi connectivity index (χ0n) is 6.58. The highest BCUT2D eigenvalue weighted by atomic mass is 127. The molecule has 0 atom stereocenters. The van der Waals surface area contributed by atoms with Gasteiger partial charge in [0.15, 0.2) is 0 Å². The summed E-state index contributed by atoms with van der Waals surface area (Å²) in [6, 6.07) is 0. The van der Waals surface area contributed by atoms with Crippen molar-refractivity contribution in [3.05, 3.63) is 8.06 Å². The Kier molecular flexibility index (Phi) is 7.28. The van der Waals surface area contributed by atoms with E-state index in [2.05, 4.69) is 52.4 Å². The van der Waals surface area contributed by atoms with Gasteiger partial charge >= 0.3 is 0 Å². The summed E-state index contributed by atoms with van der Waals surface area (Å²) in [6.45, 7) is 4.40. The van der Waals surface area contributed by atoms with Crippen molar-refractivity contribution < 1.29 is 0 Å². The Hall–Kier alpha value is 0.950. The van der Waals surface area contributed by atoms with Gasteiger partial charge < -0.3 is 0 Å². The Morgan fingerprint density at radius 1 is 1.40 bits per heavy atom. The summed E-state index contributed by atoms with van der Waals surface area (Å²) in [4.78, 5) is 0. The van der Waals surface area contributed by atoms with Crippen LogP contribution in [0.3, 0.4) is 0 Å². The molecule has 0 N–H and O–H groups in total. The van der Waals surface area contributed by atoms with Crippen molar-refractivity contribution in [2.75, 3.05) is 0 Å². The number of hydrogen-bond donors (Lipinski definition) is 0. The molecule has 10 heavy (non-hydrogen) atoms. The summed E-state index contributed by atoms with van der Waals surface area (Å²) in [5.41, 5.74) is 0. The van der Waals surface area contributed by atoms with Crippen LogP contribution < -0.4 is 0 Å². The van der Waals surface area contributed by atoms with Gasteiger partial charge in [0.25, 0.3) is 0 Å². The summed E-state index contributed by atoms with van der Waals surface area (Å²) in [5, 5.41) is 0. The highest BCUT2D eigenvalue weighted by molar-refractivity contribution is 14.1. The highest BCUT2D eigenvalue weighted by Crippen LogP contribution is 2.25. The van der Waals surface area contributed by atoms with Crippen LogP contribution >= 0.6 is 38.5 Å². The summed E-state index contributed by atoms with van der Waals surface area (Å²) in [5.74, 6) is 0. The second kappa shape index (κ2) is 6.65. The maximum absolute atomic E-state index is 3.54. The van der Waals surface area contributed by atoms with Crippen LogP contribution in [0.1, 0.15) is 39.5 Å². The second-order valence-electron chi connectivity index (χ2n) is 2.27. The molecule has 60 valence electrons. The molecule has 0 aliphatic rings. The van der Waals surface area contributed by atoms with Crippen LogP contribution in [0, 0.1) is 0 Å². The zero-order chi connectivity index (χ0) is 7.98. The van der Waals surface area contributed by atoms with Crippen LogP contribution in [0.25, 0.3) is 0 Å². The van der Waals surface area contributed by atoms with Crippen LogP contribution in [-0.2, 0) is 0 Å². The van der Waals surface area contributed by atoms with E-state index in [-0.39, 0.29) is 0 Å². The van der Waals surface area contributed by atoms with Crippen LogP contribution in [0.15, 0.2) is 8.06 Å². The molecule has 0 nitrogen and oxygen atoms in total. The van der Waals surface area contributed by atoms with Crippen molar-refractivity contribution in [1.29, 1.82) is 0 Å². The van der Waals surface area contributed by atoms with E-state index in [1.54, 1.807) is 0 Å². The Morgan fingerprint density at radius 3 is 2.40 bits per heavy atom. The van der Waals surface area contributed by atoms with Crippen molar-refractivity contribution in [2.24, 2.45) is 0 Å². The minimum atomic E-state index is 1.13. The van der Waals surface area contributed by atoms with Crippen LogP contribution in [-0.4, -0.2) is 0 Å².